The first-order valence-corrected chi connectivity index (χ1v) is 6.86. The van der Waals surface area contributed by atoms with Gasteiger partial charge in [-0.05, 0) is 45.0 Å². The van der Waals surface area contributed by atoms with Crippen LogP contribution in [-0.4, -0.2) is 43.7 Å². The number of nitrogens with one attached hydrogen (secondary N) is 1. The summed E-state index contributed by atoms with van der Waals surface area (Å²) in [6.07, 6.45) is 1.99. The number of methoxy groups -OCH3 is 1. The SMILES string of the molecule is COC(=O)c1cc(F)ccc1NC1CCN(C)C(C)C1. The summed E-state index contributed by atoms with van der Waals surface area (Å²) < 4.78 is 18.0. The molecule has 0 aromatic heterocycles. The number of halogens is 1. The quantitative estimate of drug-likeness (QED) is 0.864. The van der Waals surface area contributed by atoms with Crippen LogP contribution in [0.4, 0.5) is 10.1 Å². The molecule has 1 aromatic carbocycles. The Morgan fingerprint density at radius 1 is 1.50 bits per heavy atom. The minimum atomic E-state index is -0.520. The van der Waals surface area contributed by atoms with Gasteiger partial charge in [-0.3, -0.25) is 0 Å². The summed E-state index contributed by atoms with van der Waals surface area (Å²) >= 11 is 0. The van der Waals surface area contributed by atoms with E-state index in [2.05, 4.69) is 24.2 Å². The fourth-order valence-electron chi connectivity index (χ4n) is 2.56. The van der Waals surface area contributed by atoms with Gasteiger partial charge < -0.3 is 15.0 Å². The molecule has 0 radical (unpaired) electrons. The van der Waals surface area contributed by atoms with E-state index in [0.29, 0.717) is 11.7 Å². The molecule has 1 saturated heterocycles. The maximum atomic E-state index is 13.3. The first-order valence-electron chi connectivity index (χ1n) is 6.86. The molecule has 20 heavy (non-hydrogen) atoms. The van der Waals surface area contributed by atoms with Gasteiger partial charge in [0.05, 0.1) is 12.7 Å². The van der Waals surface area contributed by atoms with E-state index >= 15 is 0 Å². The standard InChI is InChI=1S/C15H21FN2O2/c1-10-8-12(6-7-18(10)2)17-14-5-4-11(16)9-13(14)15(19)20-3/h4-5,9-10,12,17H,6-8H2,1-3H3. The van der Waals surface area contributed by atoms with Crippen molar-refractivity contribution in [2.45, 2.75) is 31.8 Å². The summed E-state index contributed by atoms with van der Waals surface area (Å²) in [5, 5.41) is 3.35. The third kappa shape index (κ3) is 3.28. The van der Waals surface area contributed by atoms with Crippen molar-refractivity contribution in [1.29, 1.82) is 0 Å². The van der Waals surface area contributed by atoms with Crippen molar-refractivity contribution in [3.63, 3.8) is 0 Å². The van der Waals surface area contributed by atoms with E-state index in [0.717, 1.165) is 19.4 Å². The molecular weight excluding hydrogens is 259 g/mol. The molecule has 5 heteroatoms. The second kappa shape index (κ2) is 6.22. The average molecular weight is 280 g/mol. The minimum absolute atomic E-state index is 0.249. The molecule has 0 amide bonds. The molecule has 0 saturated carbocycles. The molecule has 0 aliphatic carbocycles. The van der Waals surface area contributed by atoms with E-state index in [1.165, 1.54) is 19.2 Å². The molecule has 1 aromatic rings. The number of rotatable bonds is 3. The van der Waals surface area contributed by atoms with Crippen molar-refractivity contribution < 1.29 is 13.9 Å². The van der Waals surface area contributed by atoms with Crippen LogP contribution in [0.3, 0.4) is 0 Å². The Balaban J connectivity index is 2.15. The van der Waals surface area contributed by atoms with Crippen molar-refractivity contribution in [3.05, 3.63) is 29.6 Å². The van der Waals surface area contributed by atoms with Gasteiger partial charge in [0.1, 0.15) is 5.82 Å². The second-order valence-electron chi connectivity index (χ2n) is 5.38. The van der Waals surface area contributed by atoms with E-state index in [1.807, 2.05) is 0 Å². The number of carbonyl (C=O) groups excluding carboxylic acids is 1. The Morgan fingerprint density at radius 3 is 2.90 bits per heavy atom. The number of anilines is 1. The highest BCUT2D eigenvalue weighted by atomic mass is 19.1. The zero-order chi connectivity index (χ0) is 14.7. The summed E-state index contributed by atoms with van der Waals surface area (Å²) in [5.74, 6) is -0.958. The molecule has 2 unspecified atom stereocenters. The highest BCUT2D eigenvalue weighted by Gasteiger charge is 2.24. The molecule has 1 heterocycles. The van der Waals surface area contributed by atoms with Crippen molar-refractivity contribution >= 4 is 11.7 Å². The van der Waals surface area contributed by atoms with Gasteiger partial charge in [-0.1, -0.05) is 0 Å². The Hall–Kier alpha value is -1.62. The first-order chi connectivity index (χ1) is 9.51. The third-order valence-electron chi connectivity index (χ3n) is 3.95. The molecule has 2 rings (SSSR count). The molecule has 0 bridgehead atoms. The van der Waals surface area contributed by atoms with Crippen LogP contribution in [0.1, 0.15) is 30.1 Å². The van der Waals surface area contributed by atoms with Crippen LogP contribution in [0.25, 0.3) is 0 Å². The van der Waals surface area contributed by atoms with Crippen LogP contribution in [0, 0.1) is 5.82 Å². The van der Waals surface area contributed by atoms with Crippen LogP contribution in [0.5, 0.6) is 0 Å². The van der Waals surface area contributed by atoms with Gasteiger partial charge >= 0.3 is 5.97 Å². The highest BCUT2D eigenvalue weighted by Crippen LogP contribution is 2.23. The van der Waals surface area contributed by atoms with Gasteiger partial charge in [-0.15, -0.1) is 0 Å². The number of hydrogen-bond donors (Lipinski definition) is 1. The molecule has 4 nitrogen and oxygen atoms in total. The van der Waals surface area contributed by atoms with Crippen LogP contribution < -0.4 is 5.32 Å². The maximum Gasteiger partial charge on any atom is 0.340 e. The molecule has 1 aliphatic rings. The van der Waals surface area contributed by atoms with Crippen LogP contribution in [-0.2, 0) is 4.74 Å². The molecular formula is C15H21FN2O2. The molecule has 110 valence electrons. The van der Waals surface area contributed by atoms with E-state index < -0.39 is 11.8 Å². The first kappa shape index (κ1) is 14.8. The number of carbonyl (C=O) groups is 1. The van der Waals surface area contributed by atoms with Crippen molar-refractivity contribution in [3.8, 4) is 0 Å². The number of piperidine rings is 1. The summed E-state index contributed by atoms with van der Waals surface area (Å²) in [6, 6.07) is 4.95. The Kier molecular flexibility index (Phi) is 4.60. The molecule has 1 aliphatic heterocycles. The molecule has 1 fully saturated rings. The van der Waals surface area contributed by atoms with E-state index in [1.54, 1.807) is 6.07 Å². The summed E-state index contributed by atoms with van der Waals surface area (Å²) in [4.78, 5) is 14.0. The van der Waals surface area contributed by atoms with Gasteiger partial charge in [0.2, 0.25) is 0 Å². The largest absolute Gasteiger partial charge is 0.465 e. The molecule has 1 N–H and O–H groups in total. The molecule has 0 spiro atoms. The predicted molar refractivity (Wildman–Crippen MR) is 76.5 cm³/mol. The lowest BCUT2D eigenvalue weighted by Crippen LogP contribution is -2.42. The lowest BCUT2D eigenvalue weighted by molar-refractivity contribution is 0.0601. The zero-order valence-electron chi connectivity index (χ0n) is 12.1. The Labute approximate surface area is 118 Å². The number of hydrogen-bond acceptors (Lipinski definition) is 4. The fourth-order valence-corrected chi connectivity index (χ4v) is 2.56. The number of benzene rings is 1. The lowest BCUT2D eigenvalue weighted by Gasteiger charge is -2.36. The number of esters is 1. The Morgan fingerprint density at radius 2 is 2.25 bits per heavy atom. The number of likely N-dealkylation sites (tertiary alicyclic amines) is 1. The van der Waals surface area contributed by atoms with Gasteiger partial charge in [0.15, 0.2) is 0 Å². The monoisotopic (exact) mass is 280 g/mol. The highest BCUT2D eigenvalue weighted by molar-refractivity contribution is 5.95. The normalized spacial score (nSPS) is 23.4. The van der Waals surface area contributed by atoms with E-state index in [4.69, 9.17) is 4.74 Å². The minimum Gasteiger partial charge on any atom is -0.465 e. The van der Waals surface area contributed by atoms with Crippen LogP contribution >= 0.6 is 0 Å². The molecule has 2 atom stereocenters. The van der Waals surface area contributed by atoms with Crippen molar-refractivity contribution in [1.82, 2.24) is 4.90 Å². The second-order valence-corrected chi connectivity index (χ2v) is 5.38. The number of ether oxygens (including phenoxy) is 1. The fraction of sp³-hybridized carbons (Fsp3) is 0.533. The maximum absolute atomic E-state index is 13.3. The topological polar surface area (TPSA) is 41.6 Å². The lowest BCUT2D eigenvalue weighted by atomic mass is 9.98. The smallest absolute Gasteiger partial charge is 0.340 e. The van der Waals surface area contributed by atoms with E-state index in [-0.39, 0.29) is 11.6 Å². The Bertz CT molecular complexity index is 493. The van der Waals surface area contributed by atoms with E-state index in [9.17, 15) is 9.18 Å². The van der Waals surface area contributed by atoms with Crippen molar-refractivity contribution in [2.75, 3.05) is 26.0 Å². The third-order valence-corrected chi connectivity index (χ3v) is 3.95. The number of nitrogens with zero attached hydrogens (tertiary/aromatic N) is 1. The predicted octanol–water partition coefficient (Wildman–Crippen LogP) is 2.51. The van der Waals surface area contributed by atoms with Crippen molar-refractivity contribution in [2.24, 2.45) is 0 Å². The van der Waals surface area contributed by atoms with Gasteiger partial charge in [0.25, 0.3) is 0 Å². The summed E-state index contributed by atoms with van der Waals surface area (Å²) in [6.45, 7) is 3.19. The van der Waals surface area contributed by atoms with Gasteiger partial charge in [-0.25, -0.2) is 9.18 Å². The van der Waals surface area contributed by atoms with Crippen LogP contribution in [0.2, 0.25) is 0 Å². The van der Waals surface area contributed by atoms with Gasteiger partial charge in [0, 0.05) is 24.3 Å². The zero-order valence-corrected chi connectivity index (χ0v) is 12.1. The summed E-state index contributed by atoms with van der Waals surface area (Å²) in [7, 11) is 3.41. The average Bonchev–Trinajstić information content (AvgIpc) is 2.44. The summed E-state index contributed by atoms with van der Waals surface area (Å²) in [5.41, 5.74) is 0.888. The van der Waals surface area contributed by atoms with Crippen LogP contribution in [0.15, 0.2) is 18.2 Å². The van der Waals surface area contributed by atoms with Gasteiger partial charge in [-0.2, -0.15) is 0 Å².